The number of H-pyrrole nitrogens is 1. The van der Waals surface area contributed by atoms with Crippen LogP contribution in [-0.4, -0.2) is 15.2 Å². The quantitative estimate of drug-likeness (QED) is 0.815. The minimum absolute atomic E-state index is 0.313. The van der Waals surface area contributed by atoms with Gasteiger partial charge < -0.3 is 5.73 Å². The van der Waals surface area contributed by atoms with Gasteiger partial charge in [-0.1, -0.05) is 23.7 Å². The first kappa shape index (κ1) is 10.1. The molecule has 0 aliphatic rings. The summed E-state index contributed by atoms with van der Waals surface area (Å²) in [6.07, 6.45) is 0. The summed E-state index contributed by atoms with van der Waals surface area (Å²) in [5, 5.41) is 7.48. The lowest BCUT2D eigenvalue weighted by atomic mass is 10.1. The molecule has 1 aromatic carbocycles. The van der Waals surface area contributed by atoms with Crippen molar-refractivity contribution in [2.75, 3.05) is 0 Å². The summed E-state index contributed by atoms with van der Waals surface area (Å²) in [4.78, 5) is 4.18. The Bertz CT molecular complexity index is 449. The minimum atomic E-state index is -0.313. The Morgan fingerprint density at radius 2 is 2.00 bits per heavy atom. The molecule has 2 rings (SSSR count). The van der Waals surface area contributed by atoms with Crippen molar-refractivity contribution in [1.29, 1.82) is 0 Å². The lowest BCUT2D eigenvalue weighted by Gasteiger charge is -2.07. The zero-order valence-corrected chi connectivity index (χ0v) is 8.99. The normalized spacial score (nSPS) is 12.7. The fourth-order valence-corrected chi connectivity index (χ4v) is 1.44. The van der Waals surface area contributed by atoms with Crippen LogP contribution in [0.2, 0.25) is 5.02 Å². The zero-order valence-electron chi connectivity index (χ0n) is 8.24. The number of nitrogens with zero attached hydrogens (tertiary/aromatic N) is 2. The fraction of sp³-hybridized carbons (Fsp3) is 0.200. The fourth-order valence-electron chi connectivity index (χ4n) is 1.32. The monoisotopic (exact) mass is 222 g/mol. The highest BCUT2D eigenvalue weighted by atomic mass is 35.5. The second-order valence-corrected chi connectivity index (χ2v) is 3.74. The molecule has 0 saturated heterocycles. The predicted molar refractivity (Wildman–Crippen MR) is 58.6 cm³/mol. The van der Waals surface area contributed by atoms with Gasteiger partial charge in [-0.2, -0.15) is 5.10 Å². The lowest BCUT2D eigenvalue weighted by Crippen LogP contribution is -2.13. The maximum Gasteiger partial charge on any atom is 0.171 e. The van der Waals surface area contributed by atoms with Crippen LogP contribution < -0.4 is 5.73 Å². The third-order valence-electron chi connectivity index (χ3n) is 2.12. The Morgan fingerprint density at radius 3 is 2.53 bits per heavy atom. The van der Waals surface area contributed by atoms with E-state index in [9.17, 15) is 0 Å². The highest BCUT2D eigenvalue weighted by molar-refractivity contribution is 6.30. The summed E-state index contributed by atoms with van der Waals surface area (Å²) < 4.78 is 0. The topological polar surface area (TPSA) is 67.6 Å². The largest absolute Gasteiger partial charge is 0.318 e. The van der Waals surface area contributed by atoms with Crippen LogP contribution in [0.3, 0.4) is 0 Å². The molecular weight excluding hydrogens is 212 g/mol. The number of halogens is 1. The summed E-state index contributed by atoms with van der Waals surface area (Å²) in [7, 11) is 0. The number of hydrogen-bond donors (Lipinski definition) is 2. The molecule has 3 N–H and O–H groups in total. The molecule has 0 bridgehead atoms. The Hall–Kier alpha value is -1.39. The van der Waals surface area contributed by atoms with Crippen molar-refractivity contribution in [3.8, 4) is 0 Å². The molecule has 78 valence electrons. The van der Waals surface area contributed by atoms with Crippen LogP contribution in [0.1, 0.15) is 23.3 Å². The van der Waals surface area contributed by atoms with Gasteiger partial charge in [0, 0.05) is 5.02 Å². The molecule has 0 spiro atoms. The molecule has 15 heavy (non-hydrogen) atoms. The van der Waals surface area contributed by atoms with E-state index < -0.39 is 0 Å². The maximum atomic E-state index is 5.99. The van der Waals surface area contributed by atoms with E-state index in [0.717, 1.165) is 11.4 Å². The van der Waals surface area contributed by atoms with E-state index in [1.807, 2.05) is 19.1 Å². The van der Waals surface area contributed by atoms with E-state index in [1.165, 1.54) is 0 Å². The molecule has 2 aromatic rings. The van der Waals surface area contributed by atoms with E-state index >= 15 is 0 Å². The van der Waals surface area contributed by atoms with Crippen LogP contribution in [-0.2, 0) is 0 Å². The number of aromatic nitrogens is 3. The van der Waals surface area contributed by atoms with Gasteiger partial charge in [-0.3, -0.25) is 5.10 Å². The average molecular weight is 223 g/mol. The summed E-state index contributed by atoms with van der Waals surface area (Å²) in [6, 6.07) is 7.04. The van der Waals surface area contributed by atoms with Gasteiger partial charge in [0.15, 0.2) is 5.82 Å². The Morgan fingerprint density at radius 1 is 1.33 bits per heavy atom. The van der Waals surface area contributed by atoms with Gasteiger partial charge in [-0.15, -0.1) is 0 Å². The molecule has 1 atom stereocenters. The standard InChI is InChI=1S/C10H11ClN4/c1-6-13-10(15-14-6)9(12)7-2-4-8(11)5-3-7/h2-5,9H,12H2,1H3,(H,13,14,15)/t9-/m1/s1. The summed E-state index contributed by atoms with van der Waals surface area (Å²) in [5.41, 5.74) is 6.93. The van der Waals surface area contributed by atoms with Crippen molar-refractivity contribution < 1.29 is 0 Å². The van der Waals surface area contributed by atoms with Crippen LogP contribution >= 0.6 is 11.6 Å². The van der Waals surface area contributed by atoms with Crippen LogP contribution in [0.5, 0.6) is 0 Å². The van der Waals surface area contributed by atoms with Crippen molar-refractivity contribution in [2.24, 2.45) is 5.73 Å². The van der Waals surface area contributed by atoms with Crippen LogP contribution in [0.15, 0.2) is 24.3 Å². The number of benzene rings is 1. The van der Waals surface area contributed by atoms with E-state index in [4.69, 9.17) is 17.3 Å². The zero-order chi connectivity index (χ0) is 10.8. The predicted octanol–water partition coefficient (Wildman–Crippen LogP) is 1.81. The molecule has 0 saturated carbocycles. The third-order valence-corrected chi connectivity index (χ3v) is 2.37. The van der Waals surface area contributed by atoms with Gasteiger partial charge in [0.1, 0.15) is 5.82 Å². The molecule has 0 fully saturated rings. The second-order valence-electron chi connectivity index (χ2n) is 3.31. The number of aryl methyl sites for hydroxylation is 1. The van der Waals surface area contributed by atoms with E-state index in [2.05, 4.69) is 15.2 Å². The van der Waals surface area contributed by atoms with Crippen molar-refractivity contribution in [2.45, 2.75) is 13.0 Å². The van der Waals surface area contributed by atoms with Crippen molar-refractivity contribution in [1.82, 2.24) is 15.2 Å². The Balaban J connectivity index is 2.28. The molecule has 0 radical (unpaired) electrons. The number of aromatic amines is 1. The van der Waals surface area contributed by atoms with Gasteiger partial charge in [0.05, 0.1) is 6.04 Å². The molecule has 0 aliphatic carbocycles. The maximum absolute atomic E-state index is 5.99. The van der Waals surface area contributed by atoms with Crippen LogP contribution in [0.25, 0.3) is 0 Å². The first-order chi connectivity index (χ1) is 7.16. The number of nitrogens with two attached hydrogens (primary N) is 1. The van der Waals surface area contributed by atoms with Crippen molar-refractivity contribution in [3.05, 3.63) is 46.5 Å². The van der Waals surface area contributed by atoms with Gasteiger partial charge in [0.2, 0.25) is 0 Å². The first-order valence-electron chi connectivity index (χ1n) is 4.57. The van der Waals surface area contributed by atoms with Gasteiger partial charge in [-0.05, 0) is 24.6 Å². The average Bonchev–Trinajstić information content (AvgIpc) is 2.65. The molecule has 5 heteroatoms. The molecule has 0 amide bonds. The summed E-state index contributed by atoms with van der Waals surface area (Å²) in [5.74, 6) is 1.35. The van der Waals surface area contributed by atoms with Gasteiger partial charge in [-0.25, -0.2) is 4.98 Å². The van der Waals surface area contributed by atoms with Crippen LogP contribution in [0.4, 0.5) is 0 Å². The number of rotatable bonds is 2. The number of hydrogen-bond acceptors (Lipinski definition) is 3. The van der Waals surface area contributed by atoms with Crippen molar-refractivity contribution in [3.63, 3.8) is 0 Å². The summed E-state index contributed by atoms with van der Waals surface area (Å²) >= 11 is 5.79. The third kappa shape index (κ3) is 2.16. The van der Waals surface area contributed by atoms with Crippen LogP contribution in [0, 0.1) is 6.92 Å². The lowest BCUT2D eigenvalue weighted by molar-refractivity contribution is 0.787. The molecule has 0 aliphatic heterocycles. The Labute approximate surface area is 92.5 Å². The molecule has 0 unspecified atom stereocenters. The molecule has 1 heterocycles. The smallest absolute Gasteiger partial charge is 0.171 e. The minimum Gasteiger partial charge on any atom is -0.318 e. The van der Waals surface area contributed by atoms with E-state index in [-0.39, 0.29) is 6.04 Å². The molecule has 4 nitrogen and oxygen atoms in total. The number of nitrogens with one attached hydrogen (secondary N) is 1. The highest BCUT2D eigenvalue weighted by Gasteiger charge is 2.12. The SMILES string of the molecule is Cc1nc([C@H](N)c2ccc(Cl)cc2)n[nH]1. The molecular formula is C10H11ClN4. The Kier molecular flexibility index (Phi) is 2.70. The highest BCUT2D eigenvalue weighted by Crippen LogP contribution is 2.18. The summed E-state index contributed by atoms with van der Waals surface area (Å²) in [6.45, 7) is 1.84. The van der Waals surface area contributed by atoms with Gasteiger partial charge >= 0.3 is 0 Å². The van der Waals surface area contributed by atoms with E-state index in [1.54, 1.807) is 12.1 Å². The van der Waals surface area contributed by atoms with E-state index in [0.29, 0.717) is 10.8 Å². The van der Waals surface area contributed by atoms with Gasteiger partial charge in [0.25, 0.3) is 0 Å². The second kappa shape index (κ2) is 4.00. The van der Waals surface area contributed by atoms with Crippen molar-refractivity contribution >= 4 is 11.6 Å². The first-order valence-corrected chi connectivity index (χ1v) is 4.94. The molecule has 1 aromatic heterocycles.